The Kier molecular flexibility index (Phi) is 6.56. The minimum absolute atomic E-state index is 0.0420. The molecule has 2 heterocycles. The average Bonchev–Trinajstić information content (AvgIpc) is 2.79. The molecular weight excluding hydrogens is 363 g/mol. The van der Waals surface area contributed by atoms with Crippen molar-refractivity contribution in [1.82, 2.24) is 9.97 Å². The standard InChI is InChI=1S/C22H19FN4.C2H6/c1-2-15-5-4-10-27(13-15)22-21-18(6-3-7-20(21)25-14-26-22)16-8-9-17(12-24)19(23)11-16;1-2/h2-3,6-9,11,14-15H,1,4-5,10,13H2;1-2H3. The smallest absolute Gasteiger partial charge is 0.141 e. The Morgan fingerprint density at radius 2 is 2.07 bits per heavy atom. The Labute approximate surface area is 171 Å². The predicted molar refractivity (Wildman–Crippen MR) is 116 cm³/mol. The molecule has 4 nitrogen and oxygen atoms in total. The molecular formula is C24H25FN4. The SMILES string of the molecule is C=CC1CCCN(c2ncnc3cccc(-c4ccc(C#N)c(F)c4)c23)C1.CC. The van der Waals surface area contributed by atoms with Crippen molar-refractivity contribution < 1.29 is 4.39 Å². The normalized spacial score (nSPS) is 15.9. The minimum Gasteiger partial charge on any atom is -0.355 e. The maximum absolute atomic E-state index is 14.2. The summed E-state index contributed by atoms with van der Waals surface area (Å²) >= 11 is 0. The number of fused-ring (bicyclic) bond motifs is 1. The highest BCUT2D eigenvalue weighted by Gasteiger charge is 2.22. The van der Waals surface area contributed by atoms with Crippen LogP contribution < -0.4 is 4.90 Å². The van der Waals surface area contributed by atoms with E-state index < -0.39 is 5.82 Å². The van der Waals surface area contributed by atoms with E-state index in [4.69, 9.17) is 5.26 Å². The summed E-state index contributed by atoms with van der Waals surface area (Å²) in [6, 6.07) is 12.4. The number of rotatable bonds is 3. The molecule has 1 aliphatic heterocycles. The molecule has 1 saturated heterocycles. The maximum Gasteiger partial charge on any atom is 0.141 e. The van der Waals surface area contributed by atoms with Gasteiger partial charge in [0.1, 0.15) is 24.0 Å². The molecule has 0 saturated carbocycles. The van der Waals surface area contributed by atoms with Crippen LogP contribution in [0.3, 0.4) is 0 Å². The number of piperidine rings is 1. The Bertz CT molecular complexity index is 1050. The lowest BCUT2D eigenvalue weighted by molar-refractivity contribution is 0.484. The highest BCUT2D eigenvalue weighted by Crippen LogP contribution is 2.35. The van der Waals surface area contributed by atoms with Crippen LogP contribution >= 0.6 is 0 Å². The second-order valence-corrected chi connectivity index (χ2v) is 6.79. The largest absolute Gasteiger partial charge is 0.355 e. The number of nitrogens with zero attached hydrogens (tertiary/aromatic N) is 4. The van der Waals surface area contributed by atoms with E-state index in [-0.39, 0.29) is 5.56 Å². The van der Waals surface area contributed by atoms with Gasteiger partial charge in [0, 0.05) is 13.1 Å². The highest BCUT2D eigenvalue weighted by molar-refractivity contribution is 6.02. The van der Waals surface area contributed by atoms with E-state index in [1.807, 2.05) is 44.2 Å². The summed E-state index contributed by atoms with van der Waals surface area (Å²) < 4.78 is 14.2. The molecule has 29 heavy (non-hydrogen) atoms. The first-order chi connectivity index (χ1) is 14.2. The summed E-state index contributed by atoms with van der Waals surface area (Å²) in [5.74, 6) is 0.783. The topological polar surface area (TPSA) is 52.8 Å². The van der Waals surface area contributed by atoms with Gasteiger partial charge in [-0.25, -0.2) is 14.4 Å². The van der Waals surface area contributed by atoms with Crippen molar-refractivity contribution in [1.29, 1.82) is 5.26 Å². The Morgan fingerprint density at radius 3 is 2.79 bits per heavy atom. The van der Waals surface area contributed by atoms with Crippen molar-refractivity contribution >= 4 is 16.7 Å². The lowest BCUT2D eigenvalue weighted by Gasteiger charge is -2.33. The third-order valence-corrected chi connectivity index (χ3v) is 5.13. The van der Waals surface area contributed by atoms with E-state index in [1.165, 1.54) is 12.1 Å². The van der Waals surface area contributed by atoms with Crippen LogP contribution in [-0.2, 0) is 0 Å². The fourth-order valence-corrected chi connectivity index (χ4v) is 3.74. The van der Waals surface area contributed by atoms with E-state index in [9.17, 15) is 4.39 Å². The van der Waals surface area contributed by atoms with Crippen molar-refractivity contribution in [3.63, 3.8) is 0 Å². The molecule has 1 aromatic heterocycles. The van der Waals surface area contributed by atoms with Crippen molar-refractivity contribution in [3.05, 3.63) is 66.8 Å². The van der Waals surface area contributed by atoms with Gasteiger partial charge in [0.05, 0.1) is 16.5 Å². The van der Waals surface area contributed by atoms with Gasteiger partial charge in [0.15, 0.2) is 0 Å². The molecule has 0 bridgehead atoms. The van der Waals surface area contributed by atoms with Crippen LogP contribution in [-0.4, -0.2) is 23.1 Å². The lowest BCUT2D eigenvalue weighted by Crippen LogP contribution is -2.35. The highest BCUT2D eigenvalue weighted by atomic mass is 19.1. The van der Waals surface area contributed by atoms with Crippen molar-refractivity contribution in [2.75, 3.05) is 18.0 Å². The molecule has 0 N–H and O–H groups in total. The van der Waals surface area contributed by atoms with Gasteiger partial charge in [-0.2, -0.15) is 5.26 Å². The van der Waals surface area contributed by atoms with Crippen LogP contribution in [0.15, 0.2) is 55.4 Å². The van der Waals surface area contributed by atoms with Gasteiger partial charge in [0.2, 0.25) is 0 Å². The van der Waals surface area contributed by atoms with Gasteiger partial charge in [0.25, 0.3) is 0 Å². The molecule has 2 aromatic carbocycles. The first-order valence-electron chi connectivity index (χ1n) is 10.0. The third kappa shape index (κ3) is 4.12. The fraction of sp³-hybridized carbons (Fsp3) is 0.292. The fourth-order valence-electron chi connectivity index (χ4n) is 3.74. The molecule has 4 rings (SSSR count). The van der Waals surface area contributed by atoms with Gasteiger partial charge >= 0.3 is 0 Å². The minimum atomic E-state index is -0.518. The zero-order chi connectivity index (χ0) is 20.8. The van der Waals surface area contributed by atoms with E-state index in [0.717, 1.165) is 48.2 Å². The number of anilines is 1. The van der Waals surface area contributed by atoms with Crippen molar-refractivity contribution in [2.24, 2.45) is 5.92 Å². The molecule has 3 aromatic rings. The number of halogens is 1. The van der Waals surface area contributed by atoms with Crippen molar-refractivity contribution in [3.8, 4) is 17.2 Å². The molecule has 0 amide bonds. The van der Waals surface area contributed by atoms with Crippen LogP contribution in [0.5, 0.6) is 0 Å². The van der Waals surface area contributed by atoms with E-state index >= 15 is 0 Å². The summed E-state index contributed by atoms with van der Waals surface area (Å²) in [6.07, 6.45) is 5.80. The van der Waals surface area contributed by atoms with Gasteiger partial charge < -0.3 is 4.90 Å². The molecule has 0 radical (unpaired) electrons. The van der Waals surface area contributed by atoms with E-state index in [1.54, 1.807) is 12.4 Å². The molecule has 1 fully saturated rings. The molecule has 148 valence electrons. The number of hydrogen-bond acceptors (Lipinski definition) is 4. The van der Waals surface area contributed by atoms with Crippen LogP contribution in [0.4, 0.5) is 10.2 Å². The van der Waals surface area contributed by atoms with Gasteiger partial charge in [-0.3, -0.25) is 0 Å². The Balaban J connectivity index is 0.00000117. The first-order valence-corrected chi connectivity index (χ1v) is 10.0. The van der Waals surface area contributed by atoms with E-state index in [2.05, 4.69) is 21.4 Å². The average molecular weight is 388 g/mol. The summed E-state index contributed by atoms with van der Waals surface area (Å²) in [6.45, 7) is 9.73. The second-order valence-electron chi connectivity index (χ2n) is 6.79. The zero-order valence-electron chi connectivity index (χ0n) is 16.9. The zero-order valence-corrected chi connectivity index (χ0v) is 16.9. The molecule has 0 aliphatic carbocycles. The number of nitriles is 1. The monoisotopic (exact) mass is 388 g/mol. The lowest BCUT2D eigenvalue weighted by atomic mass is 9.96. The first kappa shape index (κ1) is 20.5. The Morgan fingerprint density at radius 1 is 1.24 bits per heavy atom. The third-order valence-electron chi connectivity index (χ3n) is 5.13. The molecule has 5 heteroatoms. The van der Waals surface area contributed by atoms with Gasteiger partial charge in [-0.05, 0) is 48.1 Å². The molecule has 1 unspecified atom stereocenters. The van der Waals surface area contributed by atoms with Gasteiger partial charge in [-0.1, -0.05) is 38.1 Å². The van der Waals surface area contributed by atoms with E-state index in [0.29, 0.717) is 11.5 Å². The van der Waals surface area contributed by atoms with Gasteiger partial charge in [-0.15, -0.1) is 6.58 Å². The molecule has 1 atom stereocenters. The maximum atomic E-state index is 14.2. The number of hydrogen-bond donors (Lipinski definition) is 0. The van der Waals surface area contributed by atoms with Crippen LogP contribution in [0, 0.1) is 23.1 Å². The van der Waals surface area contributed by atoms with Crippen LogP contribution in [0.1, 0.15) is 32.3 Å². The number of aromatic nitrogens is 2. The molecule has 1 aliphatic rings. The van der Waals surface area contributed by atoms with Crippen molar-refractivity contribution in [2.45, 2.75) is 26.7 Å². The Hall–Kier alpha value is -3.26. The van der Waals surface area contributed by atoms with Crippen LogP contribution in [0.25, 0.3) is 22.0 Å². The second kappa shape index (κ2) is 9.29. The molecule has 0 spiro atoms. The number of benzene rings is 2. The summed E-state index contributed by atoms with van der Waals surface area (Å²) in [5.41, 5.74) is 2.45. The summed E-state index contributed by atoms with van der Waals surface area (Å²) in [4.78, 5) is 11.3. The summed E-state index contributed by atoms with van der Waals surface area (Å²) in [5, 5.41) is 9.90. The summed E-state index contributed by atoms with van der Waals surface area (Å²) in [7, 11) is 0. The quantitative estimate of drug-likeness (QED) is 0.537. The predicted octanol–water partition coefficient (Wildman–Crippen LogP) is 5.74. The van der Waals surface area contributed by atoms with Crippen LogP contribution in [0.2, 0.25) is 0 Å².